The SMILES string of the molecule is C1CCOC1.O=S(=O)(N1CCSCC1)N1CCSCC1. The molecule has 0 radical (unpaired) electrons. The minimum Gasteiger partial charge on any atom is -0.381 e. The third-order valence-electron chi connectivity index (χ3n) is 3.42. The van der Waals surface area contributed by atoms with E-state index in [2.05, 4.69) is 0 Å². The van der Waals surface area contributed by atoms with Crippen LogP contribution in [0.5, 0.6) is 0 Å². The van der Waals surface area contributed by atoms with Crippen molar-refractivity contribution in [3.05, 3.63) is 0 Å². The number of nitrogens with zero attached hydrogens (tertiary/aromatic N) is 2. The molecule has 0 N–H and O–H groups in total. The minimum atomic E-state index is -3.15. The van der Waals surface area contributed by atoms with Crippen molar-refractivity contribution in [2.75, 3.05) is 62.4 Å². The normalized spacial score (nSPS) is 26.0. The number of ether oxygens (including phenoxy) is 1. The lowest BCUT2D eigenvalue weighted by Crippen LogP contribution is -2.49. The summed E-state index contributed by atoms with van der Waals surface area (Å²) >= 11 is 3.67. The van der Waals surface area contributed by atoms with Gasteiger partial charge in [-0.15, -0.1) is 0 Å². The van der Waals surface area contributed by atoms with Crippen molar-refractivity contribution in [1.82, 2.24) is 8.61 Å². The maximum absolute atomic E-state index is 12.2. The molecule has 0 unspecified atom stereocenters. The molecule has 118 valence electrons. The molecule has 8 heteroatoms. The van der Waals surface area contributed by atoms with Crippen LogP contribution < -0.4 is 0 Å². The zero-order valence-electron chi connectivity index (χ0n) is 11.8. The Morgan fingerprint density at radius 3 is 1.45 bits per heavy atom. The Morgan fingerprint density at radius 1 is 0.750 bits per heavy atom. The molecule has 3 aliphatic rings. The first-order valence-corrected chi connectivity index (χ1v) is 10.9. The van der Waals surface area contributed by atoms with Crippen LogP contribution in [0.25, 0.3) is 0 Å². The third kappa shape index (κ3) is 5.06. The predicted molar refractivity (Wildman–Crippen MR) is 86.8 cm³/mol. The Hall–Kier alpha value is 0.530. The average molecular weight is 341 g/mol. The van der Waals surface area contributed by atoms with E-state index in [4.69, 9.17) is 4.74 Å². The maximum atomic E-state index is 12.2. The zero-order valence-corrected chi connectivity index (χ0v) is 14.3. The minimum absolute atomic E-state index is 0.677. The highest BCUT2D eigenvalue weighted by molar-refractivity contribution is 7.99. The molecule has 0 bridgehead atoms. The Labute approximate surface area is 131 Å². The molecule has 3 rings (SSSR count). The fraction of sp³-hybridized carbons (Fsp3) is 1.00. The Bertz CT molecular complexity index is 331. The van der Waals surface area contributed by atoms with Crippen LogP contribution in [0, 0.1) is 0 Å². The van der Waals surface area contributed by atoms with Crippen LogP contribution in [-0.4, -0.2) is 79.4 Å². The van der Waals surface area contributed by atoms with E-state index in [0.717, 1.165) is 36.2 Å². The van der Waals surface area contributed by atoms with Gasteiger partial charge in [-0.25, -0.2) is 0 Å². The number of hydrogen-bond acceptors (Lipinski definition) is 5. The molecule has 0 atom stereocenters. The Balaban J connectivity index is 0.000000247. The van der Waals surface area contributed by atoms with E-state index in [0.29, 0.717) is 26.2 Å². The topological polar surface area (TPSA) is 49.9 Å². The first-order valence-electron chi connectivity index (χ1n) is 7.20. The summed E-state index contributed by atoms with van der Waals surface area (Å²) in [5.41, 5.74) is 0. The second-order valence-corrected chi connectivity index (χ2v) is 9.23. The van der Waals surface area contributed by atoms with E-state index in [1.54, 1.807) is 8.61 Å². The van der Waals surface area contributed by atoms with E-state index in [9.17, 15) is 8.42 Å². The highest BCUT2D eigenvalue weighted by Crippen LogP contribution is 2.19. The van der Waals surface area contributed by atoms with Gasteiger partial charge >= 0.3 is 0 Å². The smallest absolute Gasteiger partial charge is 0.282 e. The standard InChI is InChI=1S/C8H16N2O2S3.C4H8O/c11-15(12,9-1-5-13-6-2-9)10-3-7-14-8-4-10;1-2-4-5-3-1/h1-8H2;1-4H2. The molecule has 0 aromatic rings. The lowest BCUT2D eigenvalue weighted by Gasteiger charge is -2.33. The van der Waals surface area contributed by atoms with Crippen LogP contribution >= 0.6 is 23.5 Å². The molecule has 0 amide bonds. The Morgan fingerprint density at radius 2 is 1.15 bits per heavy atom. The van der Waals surface area contributed by atoms with Crippen molar-refractivity contribution >= 4 is 33.7 Å². The molecule has 3 heterocycles. The van der Waals surface area contributed by atoms with Gasteiger partial charge in [0.25, 0.3) is 10.2 Å². The van der Waals surface area contributed by atoms with Gasteiger partial charge in [-0.1, -0.05) is 0 Å². The summed E-state index contributed by atoms with van der Waals surface area (Å²) in [4.78, 5) is 0. The van der Waals surface area contributed by atoms with Crippen LogP contribution in [0.4, 0.5) is 0 Å². The summed E-state index contributed by atoms with van der Waals surface area (Å²) in [6, 6.07) is 0. The van der Waals surface area contributed by atoms with Gasteiger partial charge in [0.05, 0.1) is 0 Å². The lowest BCUT2D eigenvalue weighted by molar-refractivity contribution is 0.198. The largest absolute Gasteiger partial charge is 0.381 e. The van der Waals surface area contributed by atoms with Gasteiger partial charge in [-0.3, -0.25) is 0 Å². The molecule has 20 heavy (non-hydrogen) atoms. The highest BCUT2D eigenvalue weighted by atomic mass is 32.2. The summed E-state index contributed by atoms with van der Waals surface area (Å²) in [5.74, 6) is 3.73. The number of hydrogen-bond donors (Lipinski definition) is 0. The van der Waals surface area contributed by atoms with Gasteiger partial charge in [-0.05, 0) is 12.8 Å². The van der Waals surface area contributed by atoms with E-state index in [-0.39, 0.29) is 0 Å². The zero-order chi connectivity index (χ0) is 14.3. The first kappa shape index (κ1) is 16.9. The second kappa shape index (κ2) is 8.85. The fourth-order valence-corrected chi connectivity index (χ4v) is 6.11. The second-order valence-electron chi connectivity index (χ2n) is 4.85. The number of rotatable bonds is 2. The van der Waals surface area contributed by atoms with Crippen molar-refractivity contribution in [3.63, 3.8) is 0 Å². The van der Waals surface area contributed by atoms with Crippen LogP contribution in [0.15, 0.2) is 0 Å². The molecular weight excluding hydrogens is 316 g/mol. The van der Waals surface area contributed by atoms with Crippen LogP contribution in [0.2, 0.25) is 0 Å². The summed E-state index contributed by atoms with van der Waals surface area (Å²) in [6.07, 6.45) is 2.56. The summed E-state index contributed by atoms with van der Waals surface area (Å²) < 4.78 is 32.6. The van der Waals surface area contributed by atoms with Crippen molar-refractivity contribution in [2.24, 2.45) is 0 Å². The van der Waals surface area contributed by atoms with Crippen LogP contribution in [0.3, 0.4) is 0 Å². The van der Waals surface area contributed by atoms with Crippen molar-refractivity contribution < 1.29 is 13.2 Å². The monoisotopic (exact) mass is 340 g/mol. The summed E-state index contributed by atoms with van der Waals surface area (Å²) in [5, 5.41) is 0. The Kier molecular flexibility index (Phi) is 7.47. The molecule has 3 saturated heterocycles. The quantitative estimate of drug-likeness (QED) is 0.754. The predicted octanol–water partition coefficient (Wildman–Crippen LogP) is 1.13. The molecule has 0 aromatic carbocycles. The lowest BCUT2D eigenvalue weighted by atomic mass is 10.4. The highest BCUT2D eigenvalue weighted by Gasteiger charge is 2.31. The molecule has 0 aromatic heterocycles. The van der Waals surface area contributed by atoms with Crippen LogP contribution in [0.1, 0.15) is 12.8 Å². The first-order chi connectivity index (χ1) is 9.71. The number of thioether (sulfide) groups is 2. The van der Waals surface area contributed by atoms with Gasteiger partial charge in [0.15, 0.2) is 0 Å². The van der Waals surface area contributed by atoms with E-state index < -0.39 is 10.2 Å². The van der Waals surface area contributed by atoms with Gasteiger partial charge in [0.2, 0.25) is 0 Å². The van der Waals surface area contributed by atoms with E-state index in [1.807, 2.05) is 23.5 Å². The molecule has 3 fully saturated rings. The van der Waals surface area contributed by atoms with Gasteiger partial charge < -0.3 is 4.74 Å². The average Bonchev–Trinajstić information content (AvgIpc) is 3.09. The molecular formula is C12H24N2O3S3. The summed E-state index contributed by atoms with van der Waals surface area (Å²) in [7, 11) is -3.15. The van der Waals surface area contributed by atoms with Crippen molar-refractivity contribution in [1.29, 1.82) is 0 Å². The van der Waals surface area contributed by atoms with E-state index in [1.165, 1.54) is 12.8 Å². The molecule has 5 nitrogen and oxygen atoms in total. The van der Waals surface area contributed by atoms with Gasteiger partial charge in [-0.2, -0.15) is 40.6 Å². The van der Waals surface area contributed by atoms with Gasteiger partial charge in [0.1, 0.15) is 0 Å². The molecule has 0 aliphatic carbocycles. The van der Waals surface area contributed by atoms with Crippen molar-refractivity contribution in [2.45, 2.75) is 12.8 Å². The van der Waals surface area contributed by atoms with E-state index >= 15 is 0 Å². The van der Waals surface area contributed by atoms with Crippen LogP contribution in [-0.2, 0) is 14.9 Å². The molecule has 0 saturated carbocycles. The molecule has 0 spiro atoms. The maximum Gasteiger partial charge on any atom is 0.282 e. The third-order valence-corrected chi connectivity index (χ3v) is 7.34. The van der Waals surface area contributed by atoms with Gasteiger partial charge in [0, 0.05) is 62.4 Å². The summed E-state index contributed by atoms with van der Waals surface area (Å²) in [6.45, 7) is 4.71. The van der Waals surface area contributed by atoms with Crippen molar-refractivity contribution in [3.8, 4) is 0 Å². The fourth-order valence-electron chi connectivity index (χ4n) is 2.23. The molecule has 3 aliphatic heterocycles.